The maximum atomic E-state index is 10.2. The van der Waals surface area contributed by atoms with Gasteiger partial charge in [-0.25, -0.2) is 0 Å². The van der Waals surface area contributed by atoms with Gasteiger partial charge in [0.2, 0.25) is 0 Å². The number of aliphatic hydroxyl groups is 1. The van der Waals surface area contributed by atoms with Crippen molar-refractivity contribution < 1.29 is 5.11 Å². The average Bonchev–Trinajstić information content (AvgIpc) is 2.38. The minimum absolute atomic E-state index is 0.382. The van der Waals surface area contributed by atoms with Gasteiger partial charge in [0.1, 0.15) is 0 Å². The Bertz CT molecular complexity index is 392. The molecule has 1 N–H and O–H groups in total. The van der Waals surface area contributed by atoms with Gasteiger partial charge in [-0.1, -0.05) is 37.6 Å². The van der Waals surface area contributed by atoms with E-state index in [-0.39, 0.29) is 6.10 Å². The third kappa shape index (κ3) is 4.48. The molecule has 1 heterocycles. The van der Waals surface area contributed by atoms with Gasteiger partial charge in [-0.3, -0.25) is 0 Å². The summed E-state index contributed by atoms with van der Waals surface area (Å²) in [5.74, 6) is 0. The van der Waals surface area contributed by atoms with Crippen molar-refractivity contribution in [2.45, 2.75) is 39.2 Å². The number of aliphatic hydroxyl groups excluding tert-OH is 1. The number of piperidine rings is 1. The molecule has 0 aromatic heterocycles. The molecule has 1 unspecified atom stereocenters. The molecule has 2 nitrogen and oxygen atoms in total. The zero-order valence-corrected chi connectivity index (χ0v) is 12.7. The molecule has 1 fully saturated rings. The Labute approximate surface area is 121 Å². The summed E-state index contributed by atoms with van der Waals surface area (Å²) in [5.41, 5.74) is 1.45. The molecule has 1 atom stereocenters. The molecule has 106 valence electrons. The Morgan fingerprint density at radius 3 is 2.37 bits per heavy atom. The highest BCUT2D eigenvalue weighted by atomic mass is 35.5. The third-order valence-electron chi connectivity index (χ3n) is 4.18. The Balaban J connectivity index is 1.78. The fourth-order valence-electron chi connectivity index (χ4n) is 2.54. The molecule has 3 heteroatoms. The van der Waals surface area contributed by atoms with Crippen LogP contribution in [0.1, 0.15) is 44.8 Å². The van der Waals surface area contributed by atoms with E-state index in [1.807, 2.05) is 24.3 Å². The summed E-state index contributed by atoms with van der Waals surface area (Å²) in [6, 6.07) is 7.49. The number of rotatable bonds is 4. The standard InChI is InChI=1S/C16H24ClNO/c1-16(2)8-11-18(12-9-16)10-7-15(19)13-3-5-14(17)6-4-13/h3-6,15,19H,7-12H2,1-2H3. The van der Waals surface area contributed by atoms with Crippen LogP contribution in [0.4, 0.5) is 0 Å². The second-order valence-electron chi connectivity index (χ2n) is 6.36. The van der Waals surface area contributed by atoms with Crippen LogP contribution < -0.4 is 0 Å². The van der Waals surface area contributed by atoms with Crippen molar-refractivity contribution in [3.8, 4) is 0 Å². The smallest absolute Gasteiger partial charge is 0.0802 e. The summed E-state index contributed by atoms with van der Waals surface area (Å²) in [6.45, 7) is 7.96. The van der Waals surface area contributed by atoms with Crippen LogP contribution in [0.15, 0.2) is 24.3 Å². The van der Waals surface area contributed by atoms with Crippen LogP contribution in [-0.4, -0.2) is 29.6 Å². The Morgan fingerprint density at radius 1 is 1.21 bits per heavy atom. The monoisotopic (exact) mass is 281 g/mol. The van der Waals surface area contributed by atoms with Gasteiger partial charge < -0.3 is 10.0 Å². The van der Waals surface area contributed by atoms with Gasteiger partial charge in [0.15, 0.2) is 0 Å². The van der Waals surface area contributed by atoms with E-state index in [1.54, 1.807) is 0 Å². The molecule has 0 saturated carbocycles. The first-order valence-electron chi connectivity index (χ1n) is 7.12. The molecule has 0 radical (unpaired) electrons. The molecule has 0 bridgehead atoms. The van der Waals surface area contributed by atoms with Crippen LogP contribution in [-0.2, 0) is 0 Å². The minimum atomic E-state index is -0.382. The maximum Gasteiger partial charge on any atom is 0.0802 e. The summed E-state index contributed by atoms with van der Waals surface area (Å²) < 4.78 is 0. The largest absolute Gasteiger partial charge is 0.388 e. The predicted octanol–water partition coefficient (Wildman–Crippen LogP) is 3.89. The Kier molecular flexibility index (Phi) is 4.88. The first-order valence-corrected chi connectivity index (χ1v) is 7.50. The number of halogens is 1. The lowest BCUT2D eigenvalue weighted by molar-refractivity contribution is 0.101. The summed E-state index contributed by atoms with van der Waals surface area (Å²) in [7, 11) is 0. The zero-order valence-electron chi connectivity index (χ0n) is 11.9. The van der Waals surface area contributed by atoms with Crippen molar-refractivity contribution >= 4 is 11.6 Å². The first kappa shape index (κ1) is 14.8. The van der Waals surface area contributed by atoms with Gasteiger partial charge in [-0.05, 0) is 55.5 Å². The van der Waals surface area contributed by atoms with E-state index in [0.29, 0.717) is 10.4 Å². The molecule has 19 heavy (non-hydrogen) atoms. The van der Waals surface area contributed by atoms with Gasteiger partial charge in [0.05, 0.1) is 6.10 Å². The topological polar surface area (TPSA) is 23.5 Å². The van der Waals surface area contributed by atoms with E-state index in [1.165, 1.54) is 12.8 Å². The van der Waals surface area contributed by atoms with E-state index >= 15 is 0 Å². The molecule has 0 aliphatic carbocycles. The maximum absolute atomic E-state index is 10.2. The lowest BCUT2D eigenvalue weighted by Gasteiger charge is -2.37. The third-order valence-corrected chi connectivity index (χ3v) is 4.44. The number of hydrogen-bond acceptors (Lipinski definition) is 2. The fourth-order valence-corrected chi connectivity index (χ4v) is 2.66. The molecule has 1 aliphatic rings. The summed E-state index contributed by atoms with van der Waals surface area (Å²) in [4.78, 5) is 2.46. The fraction of sp³-hybridized carbons (Fsp3) is 0.625. The number of benzene rings is 1. The van der Waals surface area contributed by atoms with Crippen LogP contribution in [0.2, 0.25) is 5.02 Å². The van der Waals surface area contributed by atoms with Crippen molar-refractivity contribution in [1.82, 2.24) is 4.90 Å². The van der Waals surface area contributed by atoms with Crippen LogP contribution >= 0.6 is 11.6 Å². The van der Waals surface area contributed by atoms with E-state index in [9.17, 15) is 5.11 Å². The number of nitrogens with zero attached hydrogens (tertiary/aromatic N) is 1. The van der Waals surface area contributed by atoms with Crippen LogP contribution in [0.25, 0.3) is 0 Å². The minimum Gasteiger partial charge on any atom is -0.388 e. The normalized spacial score (nSPS) is 21.3. The molecule has 1 saturated heterocycles. The Hall–Kier alpha value is -0.570. The quantitative estimate of drug-likeness (QED) is 0.905. The van der Waals surface area contributed by atoms with E-state index in [0.717, 1.165) is 31.6 Å². The lowest BCUT2D eigenvalue weighted by atomic mass is 9.82. The highest BCUT2D eigenvalue weighted by Crippen LogP contribution is 2.30. The molecule has 0 amide bonds. The molecule has 0 spiro atoms. The van der Waals surface area contributed by atoms with Gasteiger partial charge in [-0.2, -0.15) is 0 Å². The van der Waals surface area contributed by atoms with Crippen molar-refractivity contribution in [2.24, 2.45) is 5.41 Å². The number of likely N-dealkylation sites (tertiary alicyclic amines) is 1. The molecular formula is C16H24ClNO. The molecule has 1 aromatic carbocycles. The lowest BCUT2D eigenvalue weighted by Crippen LogP contribution is -2.38. The van der Waals surface area contributed by atoms with Gasteiger partial charge in [0, 0.05) is 11.6 Å². The first-order chi connectivity index (χ1) is 8.96. The van der Waals surface area contributed by atoms with Crippen molar-refractivity contribution in [2.75, 3.05) is 19.6 Å². The predicted molar refractivity (Wildman–Crippen MR) is 80.5 cm³/mol. The van der Waals surface area contributed by atoms with Gasteiger partial charge in [0.25, 0.3) is 0 Å². The van der Waals surface area contributed by atoms with E-state index < -0.39 is 0 Å². The summed E-state index contributed by atoms with van der Waals surface area (Å²) in [6.07, 6.45) is 2.92. The highest BCUT2D eigenvalue weighted by Gasteiger charge is 2.25. The molecule has 2 rings (SSSR count). The number of hydrogen-bond donors (Lipinski definition) is 1. The second kappa shape index (κ2) is 6.25. The van der Waals surface area contributed by atoms with E-state index in [2.05, 4.69) is 18.7 Å². The highest BCUT2D eigenvalue weighted by molar-refractivity contribution is 6.30. The van der Waals surface area contributed by atoms with Crippen molar-refractivity contribution in [1.29, 1.82) is 0 Å². The Morgan fingerprint density at radius 2 is 1.79 bits per heavy atom. The van der Waals surface area contributed by atoms with Crippen LogP contribution in [0.5, 0.6) is 0 Å². The second-order valence-corrected chi connectivity index (χ2v) is 6.80. The summed E-state index contributed by atoms with van der Waals surface area (Å²) in [5, 5.41) is 10.9. The average molecular weight is 282 g/mol. The molecule has 1 aliphatic heterocycles. The summed E-state index contributed by atoms with van der Waals surface area (Å²) >= 11 is 5.85. The zero-order chi connectivity index (χ0) is 13.9. The van der Waals surface area contributed by atoms with Crippen molar-refractivity contribution in [3.63, 3.8) is 0 Å². The van der Waals surface area contributed by atoms with Crippen LogP contribution in [0.3, 0.4) is 0 Å². The van der Waals surface area contributed by atoms with E-state index in [4.69, 9.17) is 11.6 Å². The van der Waals surface area contributed by atoms with Gasteiger partial charge in [-0.15, -0.1) is 0 Å². The molecule has 1 aromatic rings. The SMILES string of the molecule is CC1(C)CCN(CCC(O)c2ccc(Cl)cc2)CC1. The van der Waals surface area contributed by atoms with Crippen molar-refractivity contribution in [3.05, 3.63) is 34.9 Å². The van der Waals surface area contributed by atoms with Crippen LogP contribution in [0, 0.1) is 5.41 Å². The van der Waals surface area contributed by atoms with Gasteiger partial charge >= 0.3 is 0 Å². The molecular weight excluding hydrogens is 258 g/mol.